The molecule has 0 saturated heterocycles. The minimum Gasteiger partial charge on any atom is -0.358 e. The monoisotopic (exact) mass is 244 g/mol. The maximum atomic E-state index is 3.56. The molecule has 2 nitrogen and oxygen atoms in total. The lowest BCUT2D eigenvalue weighted by Gasteiger charge is -2.05. The number of benzene rings is 1. The molecular formula is C16H24N2. The maximum Gasteiger partial charge on any atom is 0.0491 e. The first-order valence-electron chi connectivity index (χ1n) is 6.93. The molecule has 0 bridgehead atoms. The molecule has 2 aromatic rings. The van der Waals surface area contributed by atoms with Crippen LogP contribution >= 0.6 is 0 Å². The number of fused-ring (bicyclic) bond motifs is 1. The van der Waals surface area contributed by atoms with Crippen molar-refractivity contribution < 1.29 is 0 Å². The average molecular weight is 244 g/mol. The second kappa shape index (κ2) is 5.57. The van der Waals surface area contributed by atoms with E-state index in [1.165, 1.54) is 39.7 Å². The van der Waals surface area contributed by atoms with Crippen LogP contribution in [0.2, 0.25) is 0 Å². The van der Waals surface area contributed by atoms with Crippen molar-refractivity contribution in [2.45, 2.75) is 40.5 Å². The first kappa shape index (κ1) is 13.2. The predicted molar refractivity (Wildman–Crippen MR) is 79.4 cm³/mol. The molecule has 2 rings (SSSR count). The molecule has 0 aliphatic carbocycles. The summed E-state index contributed by atoms with van der Waals surface area (Å²) in [5.41, 5.74) is 6.89. The summed E-state index contributed by atoms with van der Waals surface area (Å²) in [5, 5.41) is 4.84. The van der Waals surface area contributed by atoms with Gasteiger partial charge in [0.2, 0.25) is 0 Å². The molecule has 1 heterocycles. The smallest absolute Gasteiger partial charge is 0.0491 e. The van der Waals surface area contributed by atoms with Gasteiger partial charge in [0.25, 0.3) is 0 Å². The van der Waals surface area contributed by atoms with Crippen molar-refractivity contribution in [1.82, 2.24) is 10.3 Å². The van der Waals surface area contributed by atoms with Gasteiger partial charge < -0.3 is 10.3 Å². The van der Waals surface area contributed by atoms with Crippen molar-refractivity contribution in [2.75, 3.05) is 13.1 Å². The Bertz CT molecular complexity index is 538. The molecular weight excluding hydrogens is 220 g/mol. The van der Waals surface area contributed by atoms with E-state index in [2.05, 4.69) is 50.1 Å². The van der Waals surface area contributed by atoms with Crippen LogP contribution < -0.4 is 5.32 Å². The molecule has 1 aromatic heterocycles. The summed E-state index contributed by atoms with van der Waals surface area (Å²) in [6, 6.07) is 4.44. The van der Waals surface area contributed by atoms with Crippen molar-refractivity contribution in [3.05, 3.63) is 34.5 Å². The summed E-state index contributed by atoms with van der Waals surface area (Å²) in [6.45, 7) is 10.9. The van der Waals surface area contributed by atoms with Gasteiger partial charge in [0.15, 0.2) is 0 Å². The number of aromatic amines is 1. The molecule has 0 atom stereocenters. The first-order valence-corrected chi connectivity index (χ1v) is 6.93. The van der Waals surface area contributed by atoms with E-state index in [-0.39, 0.29) is 0 Å². The Kier molecular flexibility index (Phi) is 4.07. The van der Waals surface area contributed by atoms with Crippen molar-refractivity contribution in [1.29, 1.82) is 0 Å². The molecule has 1 aromatic carbocycles. The molecule has 18 heavy (non-hydrogen) atoms. The summed E-state index contributed by atoms with van der Waals surface area (Å²) < 4.78 is 0. The van der Waals surface area contributed by atoms with Gasteiger partial charge in [-0.2, -0.15) is 0 Å². The number of hydrogen-bond donors (Lipinski definition) is 2. The zero-order chi connectivity index (χ0) is 13.1. The summed E-state index contributed by atoms with van der Waals surface area (Å²) >= 11 is 0. The molecule has 0 aliphatic rings. The molecule has 98 valence electrons. The zero-order valence-corrected chi connectivity index (χ0v) is 12.0. The van der Waals surface area contributed by atoms with E-state index in [4.69, 9.17) is 0 Å². The highest BCUT2D eigenvalue weighted by atomic mass is 14.8. The Morgan fingerprint density at radius 1 is 1.11 bits per heavy atom. The van der Waals surface area contributed by atoms with Gasteiger partial charge in [-0.1, -0.05) is 19.1 Å². The van der Waals surface area contributed by atoms with E-state index in [0.29, 0.717) is 0 Å². The fourth-order valence-corrected chi connectivity index (χ4v) is 2.69. The number of nitrogens with one attached hydrogen (secondary N) is 2. The molecule has 2 N–H and O–H groups in total. The van der Waals surface area contributed by atoms with Crippen LogP contribution in [0.1, 0.15) is 35.7 Å². The molecule has 0 spiro atoms. The topological polar surface area (TPSA) is 27.8 Å². The minimum absolute atomic E-state index is 1.06. The molecule has 0 fully saturated rings. The zero-order valence-electron chi connectivity index (χ0n) is 12.0. The Morgan fingerprint density at radius 2 is 1.83 bits per heavy atom. The molecule has 2 heteroatoms. The summed E-state index contributed by atoms with van der Waals surface area (Å²) in [7, 11) is 0. The first-order chi connectivity index (χ1) is 8.65. The van der Waals surface area contributed by atoms with Gasteiger partial charge in [0.1, 0.15) is 0 Å². The Morgan fingerprint density at radius 3 is 2.56 bits per heavy atom. The molecule has 0 unspecified atom stereocenters. The lowest BCUT2D eigenvalue weighted by molar-refractivity contribution is 0.673. The van der Waals surface area contributed by atoms with Gasteiger partial charge in [-0.3, -0.25) is 0 Å². The van der Waals surface area contributed by atoms with E-state index in [1.54, 1.807) is 0 Å². The van der Waals surface area contributed by atoms with Crippen LogP contribution in [0, 0.1) is 20.8 Å². The average Bonchev–Trinajstić information content (AvgIpc) is 2.68. The highest BCUT2D eigenvalue weighted by Crippen LogP contribution is 2.28. The fraction of sp³-hybridized carbons (Fsp3) is 0.500. The van der Waals surface area contributed by atoms with Gasteiger partial charge >= 0.3 is 0 Å². The van der Waals surface area contributed by atoms with E-state index in [0.717, 1.165) is 19.5 Å². The molecule has 0 saturated carbocycles. The van der Waals surface area contributed by atoms with Crippen molar-refractivity contribution in [3.63, 3.8) is 0 Å². The Hall–Kier alpha value is -1.28. The molecule has 0 amide bonds. The van der Waals surface area contributed by atoms with Crippen LogP contribution in [0.15, 0.2) is 12.1 Å². The van der Waals surface area contributed by atoms with E-state index in [1.807, 2.05) is 0 Å². The van der Waals surface area contributed by atoms with Crippen molar-refractivity contribution >= 4 is 10.9 Å². The van der Waals surface area contributed by atoms with Gasteiger partial charge in [0, 0.05) is 16.6 Å². The molecule has 0 radical (unpaired) electrons. The third-order valence-electron chi connectivity index (χ3n) is 3.72. The van der Waals surface area contributed by atoms with Gasteiger partial charge in [-0.05, 0) is 63.4 Å². The Labute approximate surface area is 110 Å². The normalized spacial score (nSPS) is 11.3. The van der Waals surface area contributed by atoms with Crippen LogP contribution in [-0.4, -0.2) is 18.1 Å². The summed E-state index contributed by atoms with van der Waals surface area (Å²) in [4.78, 5) is 3.56. The predicted octanol–water partition coefficient (Wildman–Crippen LogP) is 3.64. The highest BCUT2D eigenvalue weighted by Gasteiger charge is 2.11. The Balaban J connectivity index is 2.32. The number of aryl methyl sites for hydroxylation is 4. The van der Waals surface area contributed by atoms with Gasteiger partial charge in [-0.15, -0.1) is 0 Å². The minimum atomic E-state index is 1.06. The number of rotatable bonds is 5. The molecule has 0 aliphatic heterocycles. The fourth-order valence-electron chi connectivity index (χ4n) is 2.69. The number of H-pyrrole nitrogens is 1. The highest BCUT2D eigenvalue weighted by molar-refractivity contribution is 5.90. The van der Waals surface area contributed by atoms with Crippen LogP contribution in [0.5, 0.6) is 0 Å². The second-order valence-electron chi connectivity index (χ2n) is 5.14. The van der Waals surface area contributed by atoms with Crippen LogP contribution in [-0.2, 0) is 6.42 Å². The summed E-state index contributed by atoms with van der Waals surface area (Å²) in [5.74, 6) is 0. The van der Waals surface area contributed by atoms with Crippen LogP contribution in [0.4, 0.5) is 0 Å². The van der Waals surface area contributed by atoms with Crippen LogP contribution in [0.25, 0.3) is 10.9 Å². The SMILES string of the molecule is CCNCCCc1c(C)[nH]c2c(C)ccc(C)c12. The van der Waals surface area contributed by atoms with E-state index in [9.17, 15) is 0 Å². The van der Waals surface area contributed by atoms with Crippen LogP contribution in [0.3, 0.4) is 0 Å². The third kappa shape index (κ3) is 2.44. The summed E-state index contributed by atoms with van der Waals surface area (Å²) in [6.07, 6.45) is 2.36. The van der Waals surface area contributed by atoms with Gasteiger partial charge in [0.05, 0.1) is 0 Å². The largest absolute Gasteiger partial charge is 0.358 e. The maximum absolute atomic E-state index is 3.56. The lowest BCUT2D eigenvalue weighted by atomic mass is 10.00. The third-order valence-corrected chi connectivity index (χ3v) is 3.72. The van der Waals surface area contributed by atoms with Crippen molar-refractivity contribution in [2.24, 2.45) is 0 Å². The second-order valence-corrected chi connectivity index (χ2v) is 5.14. The van der Waals surface area contributed by atoms with E-state index >= 15 is 0 Å². The van der Waals surface area contributed by atoms with E-state index < -0.39 is 0 Å². The standard InChI is InChI=1S/C16H24N2/c1-5-17-10-6-7-14-13(4)18-16-12(3)9-8-11(2)15(14)16/h8-9,17-18H,5-7,10H2,1-4H3. The number of aromatic nitrogens is 1. The lowest BCUT2D eigenvalue weighted by Crippen LogP contribution is -2.14. The quantitative estimate of drug-likeness (QED) is 0.772. The van der Waals surface area contributed by atoms with Gasteiger partial charge in [-0.25, -0.2) is 0 Å². The number of hydrogen-bond acceptors (Lipinski definition) is 1. The van der Waals surface area contributed by atoms with Crippen molar-refractivity contribution in [3.8, 4) is 0 Å².